The van der Waals surface area contributed by atoms with E-state index in [0.717, 1.165) is 31.5 Å². The predicted molar refractivity (Wildman–Crippen MR) is 140 cm³/mol. The zero-order valence-electron chi connectivity index (χ0n) is 20.7. The van der Waals surface area contributed by atoms with Crippen LogP contribution in [-0.2, 0) is 0 Å². The summed E-state index contributed by atoms with van der Waals surface area (Å²) in [5, 5.41) is 3.35. The predicted octanol–water partition coefficient (Wildman–Crippen LogP) is 6.24. The van der Waals surface area contributed by atoms with Crippen LogP contribution in [0.15, 0.2) is 36.5 Å². The lowest BCUT2D eigenvalue weighted by Crippen LogP contribution is -2.38. The molecule has 2 aliphatic heterocycles. The van der Waals surface area contributed by atoms with Gasteiger partial charge in [0, 0.05) is 17.3 Å². The minimum Gasteiger partial charge on any atom is -0.486 e. The van der Waals surface area contributed by atoms with Crippen molar-refractivity contribution >= 4 is 28.9 Å². The fourth-order valence-corrected chi connectivity index (χ4v) is 5.19. The second kappa shape index (κ2) is 10.2. The van der Waals surface area contributed by atoms with Crippen LogP contribution in [0.5, 0.6) is 5.75 Å². The smallest absolute Gasteiger partial charge is 0.227 e. The Morgan fingerprint density at radius 1 is 1.08 bits per heavy atom. The van der Waals surface area contributed by atoms with E-state index in [1.165, 1.54) is 18.3 Å². The first kappa shape index (κ1) is 24.7. The molecule has 2 aliphatic rings. The first-order valence-corrected chi connectivity index (χ1v) is 12.7. The van der Waals surface area contributed by atoms with Crippen LogP contribution in [0.25, 0.3) is 11.3 Å². The molecule has 0 unspecified atom stereocenters. The maximum Gasteiger partial charge on any atom is 0.227 e. The van der Waals surface area contributed by atoms with E-state index in [2.05, 4.69) is 46.0 Å². The molecule has 1 saturated heterocycles. The van der Waals surface area contributed by atoms with E-state index in [9.17, 15) is 8.78 Å². The molecule has 190 valence electrons. The molecule has 36 heavy (non-hydrogen) atoms. The maximum atomic E-state index is 15.0. The topological polar surface area (TPSA) is 53.5 Å². The van der Waals surface area contributed by atoms with Crippen molar-refractivity contribution in [1.29, 1.82) is 0 Å². The van der Waals surface area contributed by atoms with Crippen LogP contribution in [0.4, 0.5) is 26.1 Å². The van der Waals surface area contributed by atoms with Crippen molar-refractivity contribution in [2.24, 2.45) is 0 Å². The zero-order valence-corrected chi connectivity index (χ0v) is 21.4. The molecule has 0 atom stereocenters. The number of rotatable bonds is 5. The van der Waals surface area contributed by atoms with Crippen LogP contribution in [0.2, 0.25) is 5.02 Å². The molecule has 6 nitrogen and oxygen atoms in total. The van der Waals surface area contributed by atoms with E-state index in [-0.39, 0.29) is 34.5 Å². The van der Waals surface area contributed by atoms with Gasteiger partial charge in [-0.2, -0.15) is 0 Å². The fourth-order valence-electron chi connectivity index (χ4n) is 4.99. The van der Waals surface area contributed by atoms with Crippen LogP contribution < -0.4 is 15.0 Å². The Bertz CT molecular complexity index is 1260. The number of hydrogen-bond acceptors (Lipinski definition) is 6. The van der Waals surface area contributed by atoms with Gasteiger partial charge < -0.3 is 19.9 Å². The van der Waals surface area contributed by atoms with Crippen molar-refractivity contribution in [3.63, 3.8) is 0 Å². The Morgan fingerprint density at radius 3 is 2.58 bits per heavy atom. The standard InChI is InChI=1S/C27H30ClF2N5O/c1-16(2)35-10-11-36-26-23(30)12-18(13-24(26)35)25-21(28)15-31-27(33-25)32-19-4-5-20(22(29)14-19)17-6-8-34(3)9-7-17/h4-5,12-17H,6-11H2,1-3H3,(H,31,32,33). The van der Waals surface area contributed by atoms with Crippen molar-refractivity contribution in [3.8, 4) is 17.0 Å². The number of fused-ring (bicyclic) bond motifs is 1. The molecule has 3 aromatic rings. The molecule has 2 aromatic carbocycles. The molecular formula is C27H30ClF2N5O. The molecule has 0 saturated carbocycles. The van der Waals surface area contributed by atoms with Gasteiger partial charge in [0.05, 0.1) is 29.1 Å². The Morgan fingerprint density at radius 2 is 1.86 bits per heavy atom. The van der Waals surface area contributed by atoms with Gasteiger partial charge in [0.15, 0.2) is 11.6 Å². The number of piperidine rings is 1. The zero-order chi connectivity index (χ0) is 25.4. The second-order valence-corrected chi connectivity index (χ2v) is 10.2. The third-order valence-corrected chi connectivity index (χ3v) is 7.24. The number of aromatic nitrogens is 2. The number of likely N-dealkylation sites (tertiary alicyclic amines) is 1. The van der Waals surface area contributed by atoms with Gasteiger partial charge >= 0.3 is 0 Å². The lowest BCUT2D eigenvalue weighted by Gasteiger charge is -2.34. The van der Waals surface area contributed by atoms with Gasteiger partial charge in [0.1, 0.15) is 12.4 Å². The number of ether oxygens (including phenoxy) is 1. The van der Waals surface area contributed by atoms with Crippen molar-refractivity contribution in [3.05, 3.63) is 58.7 Å². The fraction of sp³-hybridized carbons (Fsp3) is 0.407. The molecule has 1 fully saturated rings. The summed E-state index contributed by atoms with van der Waals surface area (Å²) >= 11 is 6.43. The average molecular weight is 514 g/mol. The first-order valence-electron chi connectivity index (χ1n) is 12.3. The number of anilines is 3. The molecule has 0 aliphatic carbocycles. The van der Waals surface area contributed by atoms with E-state index in [4.69, 9.17) is 16.3 Å². The van der Waals surface area contributed by atoms with Crippen molar-refractivity contribution in [2.75, 3.05) is 43.5 Å². The summed E-state index contributed by atoms with van der Waals surface area (Å²) in [7, 11) is 2.09. The van der Waals surface area contributed by atoms with Gasteiger partial charge in [0.2, 0.25) is 5.95 Å². The SMILES string of the molecule is CC(C)N1CCOc2c(F)cc(-c3nc(Nc4ccc(C5CCN(C)CC5)c(F)c4)ncc3Cl)cc21. The number of hydrogen-bond donors (Lipinski definition) is 1. The van der Waals surface area contributed by atoms with Crippen molar-refractivity contribution in [1.82, 2.24) is 14.9 Å². The molecule has 0 amide bonds. The van der Waals surface area contributed by atoms with E-state index in [1.807, 2.05) is 18.2 Å². The average Bonchev–Trinajstić information content (AvgIpc) is 2.85. The molecule has 0 radical (unpaired) electrons. The maximum absolute atomic E-state index is 15.0. The van der Waals surface area contributed by atoms with Crippen molar-refractivity contribution < 1.29 is 13.5 Å². The highest BCUT2D eigenvalue weighted by Crippen LogP contribution is 2.40. The number of nitrogens with zero attached hydrogens (tertiary/aromatic N) is 4. The van der Waals surface area contributed by atoms with Crippen LogP contribution >= 0.6 is 11.6 Å². The van der Waals surface area contributed by atoms with Gasteiger partial charge in [-0.05, 0) is 82.6 Å². The molecule has 0 spiro atoms. The summed E-state index contributed by atoms with van der Waals surface area (Å²) in [5.74, 6) is -0.00172. The lowest BCUT2D eigenvalue weighted by molar-refractivity contribution is 0.253. The van der Waals surface area contributed by atoms with Crippen LogP contribution in [0.1, 0.15) is 38.2 Å². The van der Waals surface area contributed by atoms with E-state index in [1.54, 1.807) is 0 Å². The van der Waals surface area contributed by atoms with Gasteiger partial charge in [-0.15, -0.1) is 0 Å². The molecule has 1 N–H and O–H groups in total. The second-order valence-electron chi connectivity index (χ2n) is 9.77. The molecule has 1 aromatic heterocycles. The molecule has 3 heterocycles. The molecule has 5 rings (SSSR count). The summed E-state index contributed by atoms with van der Waals surface area (Å²) in [4.78, 5) is 13.1. The van der Waals surface area contributed by atoms with Crippen LogP contribution in [0.3, 0.4) is 0 Å². The summed E-state index contributed by atoms with van der Waals surface area (Å²) in [6, 6.07) is 8.53. The lowest BCUT2D eigenvalue weighted by atomic mass is 9.89. The third kappa shape index (κ3) is 4.97. The number of nitrogens with one attached hydrogen (secondary N) is 1. The Labute approximate surface area is 215 Å². The normalized spacial score (nSPS) is 16.7. The molecule has 0 bridgehead atoms. The Kier molecular flexibility index (Phi) is 6.99. The Hall–Kier alpha value is -2.97. The summed E-state index contributed by atoms with van der Waals surface area (Å²) < 4.78 is 35.6. The van der Waals surface area contributed by atoms with E-state index < -0.39 is 5.82 Å². The van der Waals surface area contributed by atoms with Crippen molar-refractivity contribution in [2.45, 2.75) is 38.6 Å². The van der Waals surface area contributed by atoms with Gasteiger partial charge in [-0.3, -0.25) is 0 Å². The minimum atomic E-state index is -0.469. The van der Waals surface area contributed by atoms with E-state index >= 15 is 0 Å². The van der Waals surface area contributed by atoms with Crippen LogP contribution in [-0.4, -0.2) is 54.2 Å². The summed E-state index contributed by atoms with van der Waals surface area (Å²) in [6.07, 6.45) is 3.35. The van der Waals surface area contributed by atoms with Gasteiger partial charge in [-0.1, -0.05) is 17.7 Å². The Balaban J connectivity index is 1.41. The molecular weight excluding hydrogens is 484 g/mol. The van der Waals surface area contributed by atoms with Crippen LogP contribution in [0, 0.1) is 11.6 Å². The number of halogens is 3. The largest absolute Gasteiger partial charge is 0.486 e. The first-order chi connectivity index (χ1) is 17.3. The summed E-state index contributed by atoms with van der Waals surface area (Å²) in [6.45, 7) is 7.13. The monoisotopic (exact) mass is 513 g/mol. The highest BCUT2D eigenvalue weighted by atomic mass is 35.5. The third-order valence-electron chi connectivity index (χ3n) is 6.97. The minimum absolute atomic E-state index is 0.174. The van der Waals surface area contributed by atoms with Gasteiger partial charge in [0.25, 0.3) is 0 Å². The quantitative estimate of drug-likeness (QED) is 0.436. The highest BCUT2D eigenvalue weighted by molar-refractivity contribution is 6.33. The van der Waals surface area contributed by atoms with Gasteiger partial charge in [-0.25, -0.2) is 18.7 Å². The highest BCUT2D eigenvalue weighted by Gasteiger charge is 2.26. The van der Waals surface area contributed by atoms with E-state index in [0.29, 0.717) is 35.8 Å². The number of benzene rings is 2. The molecule has 9 heteroatoms. The summed E-state index contributed by atoms with van der Waals surface area (Å²) in [5.41, 5.74) is 2.85.